The van der Waals surface area contributed by atoms with Crippen LogP contribution in [0.15, 0.2) is 0 Å². The number of nitrogens with one attached hydrogen (secondary N) is 2. The molecule has 0 amide bonds. The first-order chi connectivity index (χ1) is 4.97. The zero-order chi connectivity index (χ0) is 6.81. The number of hydrogen-bond donors (Lipinski definition) is 2. The quantitative estimate of drug-likeness (QED) is 0.496. The minimum absolute atomic E-state index is 0.0162. The minimum atomic E-state index is 0.0162. The van der Waals surface area contributed by atoms with Gasteiger partial charge in [-0.15, -0.1) is 0 Å². The summed E-state index contributed by atoms with van der Waals surface area (Å²) in [7, 11) is 0. The van der Waals surface area contributed by atoms with Crippen molar-refractivity contribution in [1.82, 2.24) is 10.6 Å². The van der Waals surface area contributed by atoms with Crippen LogP contribution in [0.2, 0.25) is 0 Å². The largest absolute Gasteiger partial charge is 0.358 e. The molecule has 10 heavy (non-hydrogen) atoms. The monoisotopic (exact) mass is 143 g/mol. The lowest BCUT2D eigenvalue weighted by molar-refractivity contribution is -0.0209. The standard InChI is InChI=1S/C6H11N2O2/c1-3-9-5(7-1)6-8-2-4-10-6/h3,5-8H,1-2,4H2. The van der Waals surface area contributed by atoms with Crippen molar-refractivity contribution in [3.63, 3.8) is 0 Å². The van der Waals surface area contributed by atoms with Crippen LogP contribution < -0.4 is 10.6 Å². The normalized spacial score (nSPS) is 40.8. The van der Waals surface area contributed by atoms with Gasteiger partial charge >= 0.3 is 0 Å². The van der Waals surface area contributed by atoms with E-state index in [9.17, 15) is 0 Å². The smallest absolute Gasteiger partial charge is 0.148 e. The summed E-state index contributed by atoms with van der Waals surface area (Å²) >= 11 is 0. The van der Waals surface area contributed by atoms with Crippen molar-refractivity contribution in [3.05, 3.63) is 6.61 Å². The van der Waals surface area contributed by atoms with E-state index in [1.165, 1.54) is 0 Å². The third kappa shape index (κ3) is 1.15. The van der Waals surface area contributed by atoms with E-state index >= 15 is 0 Å². The zero-order valence-electron chi connectivity index (χ0n) is 5.67. The molecule has 2 unspecified atom stereocenters. The van der Waals surface area contributed by atoms with Gasteiger partial charge in [0.1, 0.15) is 12.5 Å². The molecule has 2 aliphatic rings. The first kappa shape index (κ1) is 6.54. The summed E-state index contributed by atoms with van der Waals surface area (Å²) < 4.78 is 10.5. The van der Waals surface area contributed by atoms with Gasteiger partial charge in [0.15, 0.2) is 0 Å². The van der Waals surface area contributed by atoms with Crippen LogP contribution in [0.3, 0.4) is 0 Å². The fourth-order valence-corrected chi connectivity index (χ4v) is 1.18. The molecule has 0 aromatic rings. The van der Waals surface area contributed by atoms with Crippen LogP contribution in [0.4, 0.5) is 0 Å². The van der Waals surface area contributed by atoms with Gasteiger partial charge in [0.05, 0.1) is 13.2 Å². The second-order valence-corrected chi connectivity index (χ2v) is 2.38. The van der Waals surface area contributed by atoms with Gasteiger partial charge in [-0.3, -0.25) is 10.6 Å². The van der Waals surface area contributed by atoms with E-state index in [1.54, 1.807) is 6.61 Å². The molecule has 2 N–H and O–H groups in total. The molecule has 0 aromatic carbocycles. The van der Waals surface area contributed by atoms with E-state index < -0.39 is 0 Å². The minimum Gasteiger partial charge on any atom is -0.358 e. The maximum absolute atomic E-state index is 5.32. The molecule has 0 aliphatic carbocycles. The Morgan fingerprint density at radius 2 is 2.30 bits per heavy atom. The number of rotatable bonds is 1. The molecule has 4 nitrogen and oxygen atoms in total. The summed E-state index contributed by atoms with van der Waals surface area (Å²) in [6, 6.07) is 0. The van der Waals surface area contributed by atoms with E-state index in [2.05, 4.69) is 10.6 Å². The highest BCUT2D eigenvalue weighted by Crippen LogP contribution is 2.08. The summed E-state index contributed by atoms with van der Waals surface area (Å²) in [5, 5.41) is 6.30. The average Bonchev–Trinajstić information content (AvgIpc) is 2.59. The first-order valence-corrected chi connectivity index (χ1v) is 3.52. The summed E-state index contributed by atoms with van der Waals surface area (Å²) in [6.45, 7) is 4.28. The Hall–Kier alpha value is -0.160. The van der Waals surface area contributed by atoms with Gasteiger partial charge in [0, 0.05) is 13.1 Å². The lowest BCUT2D eigenvalue weighted by Gasteiger charge is -2.16. The molecule has 2 rings (SSSR count). The van der Waals surface area contributed by atoms with Crippen molar-refractivity contribution in [1.29, 1.82) is 0 Å². The molecule has 2 atom stereocenters. The second kappa shape index (κ2) is 2.84. The molecule has 57 valence electrons. The maximum Gasteiger partial charge on any atom is 0.148 e. The van der Waals surface area contributed by atoms with E-state index in [0.29, 0.717) is 0 Å². The van der Waals surface area contributed by atoms with Crippen LogP contribution in [-0.2, 0) is 9.47 Å². The zero-order valence-corrected chi connectivity index (χ0v) is 5.67. The molecular weight excluding hydrogens is 132 g/mol. The van der Waals surface area contributed by atoms with E-state index in [4.69, 9.17) is 9.47 Å². The summed E-state index contributed by atoms with van der Waals surface area (Å²) in [5.74, 6) is 0. The van der Waals surface area contributed by atoms with Gasteiger partial charge in [-0.05, 0) is 0 Å². The Morgan fingerprint density at radius 1 is 1.30 bits per heavy atom. The average molecular weight is 143 g/mol. The molecule has 2 saturated heterocycles. The van der Waals surface area contributed by atoms with E-state index in [0.717, 1.165) is 19.7 Å². The van der Waals surface area contributed by atoms with Crippen LogP contribution >= 0.6 is 0 Å². The van der Waals surface area contributed by atoms with Crippen molar-refractivity contribution >= 4 is 0 Å². The Kier molecular flexibility index (Phi) is 1.86. The Bertz CT molecular complexity index is 94.3. The van der Waals surface area contributed by atoms with Crippen LogP contribution in [0, 0.1) is 6.61 Å². The van der Waals surface area contributed by atoms with Crippen molar-refractivity contribution in [3.8, 4) is 0 Å². The van der Waals surface area contributed by atoms with Gasteiger partial charge in [-0.2, -0.15) is 0 Å². The molecule has 0 bridgehead atoms. The van der Waals surface area contributed by atoms with Crippen molar-refractivity contribution in [2.45, 2.75) is 12.5 Å². The summed E-state index contributed by atoms with van der Waals surface area (Å²) in [5.41, 5.74) is 0. The second-order valence-electron chi connectivity index (χ2n) is 2.38. The SMILES string of the molecule is [CH]1CNC(C2NCCO2)O1. The number of hydrogen-bond acceptors (Lipinski definition) is 4. The lowest BCUT2D eigenvalue weighted by Crippen LogP contribution is -2.42. The van der Waals surface area contributed by atoms with E-state index in [-0.39, 0.29) is 12.5 Å². The van der Waals surface area contributed by atoms with Gasteiger partial charge in [-0.25, -0.2) is 0 Å². The fraction of sp³-hybridized carbons (Fsp3) is 0.833. The highest BCUT2D eigenvalue weighted by Gasteiger charge is 2.28. The van der Waals surface area contributed by atoms with Gasteiger partial charge in [-0.1, -0.05) is 0 Å². The topological polar surface area (TPSA) is 42.5 Å². The maximum atomic E-state index is 5.32. The molecule has 0 aromatic heterocycles. The lowest BCUT2D eigenvalue weighted by atomic mass is 10.5. The Morgan fingerprint density at radius 3 is 2.90 bits per heavy atom. The fourth-order valence-electron chi connectivity index (χ4n) is 1.18. The molecule has 2 heterocycles. The Labute approximate surface area is 59.9 Å². The first-order valence-electron chi connectivity index (χ1n) is 3.52. The molecule has 0 saturated carbocycles. The molecule has 0 spiro atoms. The predicted molar refractivity (Wildman–Crippen MR) is 34.9 cm³/mol. The number of ether oxygens (including phenoxy) is 2. The van der Waals surface area contributed by atoms with Crippen molar-refractivity contribution in [2.24, 2.45) is 0 Å². The van der Waals surface area contributed by atoms with Crippen LogP contribution in [0.1, 0.15) is 0 Å². The molecule has 2 aliphatic heterocycles. The van der Waals surface area contributed by atoms with Crippen molar-refractivity contribution < 1.29 is 9.47 Å². The molecule has 1 radical (unpaired) electrons. The van der Waals surface area contributed by atoms with Gasteiger partial charge < -0.3 is 9.47 Å². The highest BCUT2D eigenvalue weighted by molar-refractivity contribution is 4.79. The van der Waals surface area contributed by atoms with Crippen LogP contribution in [0.25, 0.3) is 0 Å². The highest BCUT2D eigenvalue weighted by atomic mass is 16.6. The Balaban J connectivity index is 1.85. The van der Waals surface area contributed by atoms with E-state index in [1.807, 2.05) is 0 Å². The third-order valence-electron chi connectivity index (χ3n) is 1.67. The molecule has 4 heteroatoms. The third-order valence-corrected chi connectivity index (χ3v) is 1.67. The summed E-state index contributed by atoms with van der Waals surface area (Å²) in [4.78, 5) is 0. The molecular formula is C6H11N2O2. The predicted octanol–water partition coefficient (Wildman–Crippen LogP) is -0.960. The van der Waals surface area contributed by atoms with Crippen LogP contribution in [-0.4, -0.2) is 32.2 Å². The molecule has 2 fully saturated rings. The van der Waals surface area contributed by atoms with Gasteiger partial charge in [0.25, 0.3) is 0 Å². The van der Waals surface area contributed by atoms with Crippen molar-refractivity contribution in [2.75, 3.05) is 19.7 Å². The van der Waals surface area contributed by atoms with Crippen LogP contribution in [0.5, 0.6) is 0 Å². The van der Waals surface area contributed by atoms with Gasteiger partial charge in [0.2, 0.25) is 0 Å². The summed E-state index contributed by atoms with van der Waals surface area (Å²) in [6.07, 6.45) is 0.0567.